The number of hydrogen-bond acceptors (Lipinski definition) is 3. The van der Waals surface area contributed by atoms with Crippen LogP contribution in [-0.2, 0) is 13.8 Å². The van der Waals surface area contributed by atoms with Gasteiger partial charge < -0.3 is 4.74 Å². The zero-order valence-electron chi connectivity index (χ0n) is 8.62. The van der Waals surface area contributed by atoms with Crippen molar-refractivity contribution in [3.05, 3.63) is 0 Å². The van der Waals surface area contributed by atoms with Crippen molar-refractivity contribution in [1.82, 2.24) is 0 Å². The Hall–Kier alpha value is 0.200. The Balaban J connectivity index is 2.63. The van der Waals surface area contributed by atoms with Crippen LogP contribution in [0.1, 0.15) is 33.1 Å². The highest BCUT2D eigenvalue weighted by Crippen LogP contribution is 2.32. The Morgan fingerprint density at radius 2 is 2.07 bits per heavy atom. The predicted octanol–water partition coefficient (Wildman–Crippen LogP) is 2.15. The minimum Gasteiger partial charge on any atom is -0.378 e. The second-order valence-electron chi connectivity index (χ2n) is 4.53. The van der Waals surface area contributed by atoms with Crippen LogP contribution in [-0.4, -0.2) is 26.9 Å². The second-order valence-corrected chi connectivity index (χ2v) is 7.30. The molecule has 0 aromatic heterocycles. The molecule has 0 aliphatic carbocycles. The summed E-state index contributed by atoms with van der Waals surface area (Å²) in [5, 5.41) is 0. The van der Waals surface area contributed by atoms with E-state index >= 15 is 0 Å². The highest BCUT2D eigenvalue weighted by Gasteiger charge is 2.35. The Labute approximate surface area is 90.2 Å². The van der Waals surface area contributed by atoms with Crippen LogP contribution in [0, 0.1) is 5.41 Å². The molecule has 5 heteroatoms. The fourth-order valence-electron chi connectivity index (χ4n) is 1.89. The molecule has 0 aromatic carbocycles. The van der Waals surface area contributed by atoms with Gasteiger partial charge in [-0.1, -0.05) is 13.8 Å². The van der Waals surface area contributed by atoms with E-state index in [4.69, 9.17) is 15.4 Å². The molecule has 3 nitrogen and oxygen atoms in total. The van der Waals surface area contributed by atoms with E-state index in [0.29, 0.717) is 0 Å². The van der Waals surface area contributed by atoms with Gasteiger partial charge >= 0.3 is 0 Å². The van der Waals surface area contributed by atoms with Crippen LogP contribution in [0.25, 0.3) is 0 Å². The summed E-state index contributed by atoms with van der Waals surface area (Å²) < 4.78 is 27.6. The summed E-state index contributed by atoms with van der Waals surface area (Å²) in [5.41, 5.74) is -0.388. The fourth-order valence-corrected chi connectivity index (χ4v) is 3.81. The molecular weight excluding hydrogens is 224 g/mol. The molecular formula is C9H17ClO3S. The molecule has 14 heavy (non-hydrogen) atoms. The molecule has 1 rings (SSSR count). The van der Waals surface area contributed by atoms with Crippen LogP contribution in [0.5, 0.6) is 0 Å². The topological polar surface area (TPSA) is 43.4 Å². The molecule has 0 amide bonds. The third-order valence-electron chi connectivity index (χ3n) is 2.60. The molecule has 0 spiro atoms. The maximum Gasteiger partial charge on any atom is 0.233 e. The third kappa shape index (κ3) is 3.75. The summed E-state index contributed by atoms with van der Waals surface area (Å²) in [4.78, 5) is 0. The predicted molar refractivity (Wildman–Crippen MR) is 57.0 cm³/mol. The quantitative estimate of drug-likeness (QED) is 0.710. The van der Waals surface area contributed by atoms with Crippen molar-refractivity contribution in [2.24, 2.45) is 5.41 Å². The Kier molecular flexibility index (Phi) is 3.83. The first-order valence-electron chi connectivity index (χ1n) is 4.85. The standard InChI is InChI=1S/C9H17ClO3S/c1-9(2,7-14(10,11)12)8-5-3-4-6-13-8/h8H,3-7H2,1-2H3/t8-/m0/s1. The van der Waals surface area contributed by atoms with Gasteiger partial charge in [-0.15, -0.1) is 0 Å². The number of halogens is 1. The molecule has 1 fully saturated rings. The van der Waals surface area contributed by atoms with Crippen LogP contribution in [0.3, 0.4) is 0 Å². The van der Waals surface area contributed by atoms with Crippen molar-refractivity contribution in [3.8, 4) is 0 Å². The molecule has 0 aromatic rings. The largest absolute Gasteiger partial charge is 0.378 e. The van der Waals surface area contributed by atoms with E-state index in [1.807, 2.05) is 13.8 Å². The van der Waals surface area contributed by atoms with Gasteiger partial charge in [0, 0.05) is 22.7 Å². The van der Waals surface area contributed by atoms with E-state index in [0.717, 1.165) is 25.9 Å². The van der Waals surface area contributed by atoms with E-state index in [-0.39, 0.29) is 17.3 Å². The summed E-state index contributed by atoms with van der Waals surface area (Å²) in [7, 11) is 1.81. The highest BCUT2D eigenvalue weighted by molar-refractivity contribution is 8.13. The summed E-state index contributed by atoms with van der Waals surface area (Å²) in [5.74, 6) is -0.0216. The Morgan fingerprint density at radius 3 is 2.50 bits per heavy atom. The van der Waals surface area contributed by atoms with Gasteiger partial charge in [-0.2, -0.15) is 0 Å². The van der Waals surface area contributed by atoms with Crippen molar-refractivity contribution >= 4 is 19.7 Å². The lowest BCUT2D eigenvalue weighted by Gasteiger charge is -2.35. The van der Waals surface area contributed by atoms with Crippen LogP contribution in [0.4, 0.5) is 0 Å². The monoisotopic (exact) mass is 240 g/mol. The molecule has 1 aliphatic heterocycles. The molecule has 1 heterocycles. The van der Waals surface area contributed by atoms with Gasteiger partial charge in [-0.3, -0.25) is 0 Å². The van der Waals surface area contributed by atoms with Crippen LogP contribution < -0.4 is 0 Å². The number of hydrogen-bond donors (Lipinski definition) is 0. The van der Waals surface area contributed by atoms with E-state index in [9.17, 15) is 8.42 Å². The van der Waals surface area contributed by atoms with Crippen molar-refractivity contribution in [2.45, 2.75) is 39.2 Å². The zero-order valence-corrected chi connectivity index (χ0v) is 10.2. The Morgan fingerprint density at radius 1 is 1.43 bits per heavy atom. The van der Waals surface area contributed by atoms with Crippen LogP contribution in [0.15, 0.2) is 0 Å². The minimum atomic E-state index is -3.44. The molecule has 0 N–H and O–H groups in total. The lowest BCUT2D eigenvalue weighted by molar-refractivity contribution is -0.0459. The molecule has 0 unspecified atom stereocenters. The normalized spacial score (nSPS) is 24.9. The van der Waals surface area contributed by atoms with Gasteiger partial charge in [0.25, 0.3) is 0 Å². The van der Waals surface area contributed by atoms with E-state index in [2.05, 4.69) is 0 Å². The second kappa shape index (κ2) is 4.37. The molecule has 1 aliphatic rings. The fraction of sp³-hybridized carbons (Fsp3) is 1.00. The maximum atomic E-state index is 11.0. The van der Waals surface area contributed by atoms with Gasteiger partial charge in [-0.25, -0.2) is 8.42 Å². The van der Waals surface area contributed by atoms with Crippen LogP contribution >= 0.6 is 10.7 Å². The SMILES string of the molecule is CC(C)(CS(=O)(=O)Cl)[C@@H]1CCCCO1. The summed E-state index contributed by atoms with van der Waals surface area (Å²) >= 11 is 0. The lowest BCUT2D eigenvalue weighted by Crippen LogP contribution is -2.39. The van der Waals surface area contributed by atoms with E-state index in [1.54, 1.807) is 0 Å². The van der Waals surface area contributed by atoms with Crippen LogP contribution in [0.2, 0.25) is 0 Å². The third-order valence-corrected chi connectivity index (χ3v) is 4.01. The first-order valence-corrected chi connectivity index (χ1v) is 7.33. The minimum absolute atomic E-state index is 0.0183. The van der Waals surface area contributed by atoms with Gasteiger partial charge in [0.05, 0.1) is 11.9 Å². The van der Waals surface area contributed by atoms with Crippen molar-refractivity contribution < 1.29 is 13.2 Å². The molecule has 84 valence electrons. The number of ether oxygens (including phenoxy) is 1. The molecule has 1 atom stereocenters. The average Bonchev–Trinajstić information content (AvgIpc) is 2.01. The highest BCUT2D eigenvalue weighted by atomic mass is 35.7. The average molecular weight is 241 g/mol. The molecule has 0 saturated carbocycles. The lowest BCUT2D eigenvalue weighted by atomic mass is 9.84. The first kappa shape index (κ1) is 12.3. The first-order chi connectivity index (χ1) is 6.31. The molecule has 0 bridgehead atoms. The smallest absolute Gasteiger partial charge is 0.233 e. The summed E-state index contributed by atoms with van der Waals surface area (Å²) in [6.45, 7) is 4.52. The molecule has 1 saturated heterocycles. The Bertz CT molecular complexity index is 278. The summed E-state index contributed by atoms with van der Waals surface area (Å²) in [6.07, 6.45) is 3.13. The zero-order chi connectivity index (χ0) is 10.8. The van der Waals surface area contributed by atoms with E-state index < -0.39 is 9.05 Å². The van der Waals surface area contributed by atoms with E-state index in [1.165, 1.54) is 0 Å². The van der Waals surface area contributed by atoms with Crippen molar-refractivity contribution in [3.63, 3.8) is 0 Å². The van der Waals surface area contributed by atoms with Gasteiger partial charge in [-0.05, 0) is 19.3 Å². The summed E-state index contributed by atoms with van der Waals surface area (Å²) in [6, 6.07) is 0. The van der Waals surface area contributed by atoms with Crippen molar-refractivity contribution in [1.29, 1.82) is 0 Å². The number of rotatable bonds is 3. The van der Waals surface area contributed by atoms with Crippen molar-refractivity contribution in [2.75, 3.05) is 12.4 Å². The molecule has 0 radical (unpaired) electrons. The maximum absolute atomic E-state index is 11.0. The van der Waals surface area contributed by atoms with Gasteiger partial charge in [0.15, 0.2) is 0 Å². The van der Waals surface area contributed by atoms with Gasteiger partial charge in [0.1, 0.15) is 0 Å². The van der Waals surface area contributed by atoms with Gasteiger partial charge in [0.2, 0.25) is 9.05 Å².